The van der Waals surface area contributed by atoms with Crippen molar-refractivity contribution in [3.8, 4) is 5.75 Å². The number of benzene rings is 1. The number of carbonyl (C=O) groups excluding carboxylic acids is 1. The Hall–Kier alpha value is -1.22. The van der Waals surface area contributed by atoms with Crippen LogP contribution in [-0.4, -0.2) is 24.9 Å². The van der Waals surface area contributed by atoms with E-state index in [-0.39, 0.29) is 11.9 Å². The molecular formula is C14H20ClNO2. The number of alkyl halides is 1. The lowest BCUT2D eigenvalue weighted by molar-refractivity contribution is -0.121. The van der Waals surface area contributed by atoms with Crippen LogP contribution in [0.1, 0.15) is 25.3 Å². The third-order valence-corrected chi connectivity index (χ3v) is 2.94. The van der Waals surface area contributed by atoms with Crippen molar-refractivity contribution in [3.63, 3.8) is 0 Å². The van der Waals surface area contributed by atoms with E-state index in [0.717, 1.165) is 24.2 Å². The lowest BCUT2D eigenvalue weighted by atomic mass is 10.1. The molecule has 4 heteroatoms. The Morgan fingerprint density at radius 3 is 2.94 bits per heavy atom. The lowest BCUT2D eigenvalue weighted by Gasteiger charge is -2.13. The van der Waals surface area contributed by atoms with Gasteiger partial charge in [-0.25, -0.2) is 0 Å². The standard InChI is InChI=1S/C14H20ClNO2/c1-11(5-4-8-15)16-14(17)10-12-6-3-7-13(9-12)18-2/h3,6-7,9,11H,4-5,8,10H2,1-2H3,(H,16,17). The van der Waals surface area contributed by atoms with Crippen LogP contribution in [0.3, 0.4) is 0 Å². The Labute approximate surface area is 113 Å². The quantitative estimate of drug-likeness (QED) is 0.773. The summed E-state index contributed by atoms with van der Waals surface area (Å²) in [5, 5.41) is 2.96. The van der Waals surface area contributed by atoms with Crippen molar-refractivity contribution in [2.45, 2.75) is 32.2 Å². The van der Waals surface area contributed by atoms with Gasteiger partial charge in [0.1, 0.15) is 5.75 Å². The van der Waals surface area contributed by atoms with Gasteiger partial charge in [-0.1, -0.05) is 12.1 Å². The first kappa shape index (κ1) is 14.8. The molecule has 1 amide bonds. The zero-order valence-corrected chi connectivity index (χ0v) is 11.7. The molecule has 1 aromatic carbocycles. The molecule has 0 heterocycles. The second-order valence-corrected chi connectivity index (χ2v) is 4.71. The molecule has 0 saturated carbocycles. The average molecular weight is 270 g/mol. The first-order valence-corrected chi connectivity index (χ1v) is 6.67. The van der Waals surface area contributed by atoms with Gasteiger partial charge in [-0.3, -0.25) is 4.79 Å². The number of hydrogen-bond donors (Lipinski definition) is 1. The van der Waals surface area contributed by atoms with Gasteiger partial charge in [0.05, 0.1) is 13.5 Å². The normalized spacial score (nSPS) is 11.9. The molecular weight excluding hydrogens is 250 g/mol. The number of carbonyl (C=O) groups is 1. The van der Waals surface area contributed by atoms with Crippen molar-refractivity contribution in [2.24, 2.45) is 0 Å². The Kier molecular flexibility index (Phi) is 6.58. The largest absolute Gasteiger partial charge is 0.497 e. The molecule has 100 valence electrons. The molecule has 0 aromatic heterocycles. The summed E-state index contributed by atoms with van der Waals surface area (Å²) in [6, 6.07) is 7.72. The minimum atomic E-state index is 0.0327. The first-order chi connectivity index (χ1) is 8.65. The first-order valence-electron chi connectivity index (χ1n) is 6.14. The monoisotopic (exact) mass is 269 g/mol. The number of rotatable bonds is 7. The molecule has 0 radical (unpaired) electrons. The van der Waals surface area contributed by atoms with Crippen LogP contribution < -0.4 is 10.1 Å². The fourth-order valence-corrected chi connectivity index (χ4v) is 1.90. The predicted molar refractivity (Wildman–Crippen MR) is 74.3 cm³/mol. The molecule has 3 nitrogen and oxygen atoms in total. The van der Waals surface area contributed by atoms with Crippen LogP contribution in [0.2, 0.25) is 0 Å². The molecule has 0 saturated heterocycles. The lowest BCUT2D eigenvalue weighted by Crippen LogP contribution is -2.33. The molecule has 0 aliphatic heterocycles. The van der Waals surface area contributed by atoms with Gasteiger partial charge in [-0.2, -0.15) is 0 Å². The van der Waals surface area contributed by atoms with Crippen molar-refractivity contribution in [1.82, 2.24) is 5.32 Å². The number of ether oxygens (including phenoxy) is 1. The molecule has 1 unspecified atom stereocenters. The number of hydrogen-bond acceptors (Lipinski definition) is 2. The smallest absolute Gasteiger partial charge is 0.224 e. The Morgan fingerprint density at radius 2 is 2.28 bits per heavy atom. The van der Waals surface area contributed by atoms with Crippen LogP contribution >= 0.6 is 11.6 Å². The predicted octanol–water partition coefficient (Wildman–Crippen LogP) is 2.76. The Bertz CT molecular complexity index is 382. The summed E-state index contributed by atoms with van der Waals surface area (Å²) in [7, 11) is 1.62. The van der Waals surface area contributed by atoms with Crippen molar-refractivity contribution in [2.75, 3.05) is 13.0 Å². The average Bonchev–Trinajstić information content (AvgIpc) is 2.36. The molecule has 0 aliphatic carbocycles. The Balaban J connectivity index is 2.43. The fourth-order valence-electron chi connectivity index (χ4n) is 1.75. The minimum Gasteiger partial charge on any atom is -0.497 e. The second kappa shape index (κ2) is 7.98. The highest BCUT2D eigenvalue weighted by Crippen LogP contribution is 2.13. The van der Waals surface area contributed by atoms with Gasteiger partial charge in [-0.15, -0.1) is 11.6 Å². The van der Waals surface area contributed by atoms with Crippen molar-refractivity contribution in [1.29, 1.82) is 0 Å². The maximum atomic E-state index is 11.8. The van der Waals surface area contributed by atoms with E-state index in [2.05, 4.69) is 5.32 Å². The van der Waals surface area contributed by atoms with Gasteiger partial charge >= 0.3 is 0 Å². The molecule has 1 aromatic rings. The van der Waals surface area contributed by atoms with Crippen LogP contribution in [0.15, 0.2) is 24.3 Å². The summed E-state index contributed by atoms with van der Waals surface area (Å²) >= 11 is 5.62. The van der Waals surface area contributed by atoms with Crippen LogP contribution in [0.25, 0.3) is 0 Å². The number of halogens is 1. The molecule has 0 fully saturated rings. The van der Waals surface area contributed by atoms with Crippen molar-refractivity contribution >= 4 is 17.5 Å². The van der Waals surface area contributed by atoms with E-state index >= 15 is 0 Å². The van der Waals surface area contributed by atoms with Gasteiger partial charge in [-0.05, 0) is 37.5 Å². The molecule has 0 bridgehead atoms. The third kappa shape index (κ3) is 5.41. The molecule has 0 aliphatic rings. The minimum absolute atomic E-state index is 0.0327. The topological polar surface area (TPSA) is 38.3 Å². The van der Waals surface area contributed by atoms with Gasteiger partial charge in [0, 0.05) is 11.9 Å². The molecule has 1 atom stereocenters. The summed E-state index contributed by atoms with van der Waals surface area (Å²) in [6.45, 7) is 2.00. The van der Waals surface area contributed by atoms with E-state index in [1.807, 2.05) is 31.2 Å². The van der Waals surface area contributed by atoms with Crippen LogP contribution in [0.4, 0.5) is 0 Å². The maximum Gasteiger partial charge on any atom is 0.224 e. The van der Waals surface area contributed by atoms with E-state index in [0.29, 0.717) is 12.3 Å². The number of amides is 1. The highest BCUT2D eigenvalue weighted by atomic mass is 35.5. The van der Waals surface area contributed by atoms with Gasteiger partial charge in [0.25, 0.3) is 0 Å². The molecule has 1 N–H and O–H groups in total. The van der Waals surface area contributed by atoms with Crippen LogP contribution in [0.5, 0.6) is 5.75 Å². The SMILES string of the molecule is COc1cccc(CC(=O)NC(C)CCCCl)c1. The summed E-state index contributed by atoms with van der Waals surface area (Å²) in [5.74, 6) is 1.44. The highest BCUT2D eigenvalue weighted by molar-refractivity contribution is 6.17. The van der Waals surface area contributed by atoms with Crippen LogP contribution in [-0.2, 0) is 11.2 Å². The van der Waals surface area contributed by atoms with E-state index in [9.17, 15) is 4.79 Å². The molecule has 1 rings (SSSR count). The van der Waals surface area contributed by atoms with E-state index in [1.165, 1.54) is 0 Å². The zero-order valence-electron chi connectivity index (χ0n) is 10.9. The van der Waals surface area contributed by atoms with Gasteiger partial charge < -0.3 is 10.1 Å². The van der Waals surface area contributed by atoms with E-state index in [4.69, 9.17) is 16.3 Å². The highest BCUT2D eigenvalue weighted by Gasteiger charge is 2.08. The third-order valence-electron chi connectivity index (χ3n) is 2.68. The Morgan fingerprint density at radius 1 is 1.50 bits per heavy atom. The molecule has 0 spiro atoms. The fraction of sp³-hybridized carbons (Fsp3) is 0.500. The van der Waals surface area contributed by atoms with E-state index in [1.54, 1.807) is 7.11 Å². The van der Waals surface area contributed by atoms with Crippen molar-refractivity contribution < 1.29 is 9.53 Å². The van der Waals surface area contributed by atoms with Gasteiger partial charge in [0.2, 0.25) is 5.91 Å². The van der Waals surface area contributed by atoms with E-state index < -0.39 is 0 Å². The number of nitrogens with one attached hydrogen (secondary N) is 1. The van der Waals surface area contributed by atoms with Gasteiger partial charge in [0.15, 0.2) is 0 Å². The summed E-state index contributed by atoms with van der Waals surface area (Å²) in [6.07, 6.45) is 2.21. The van der Waals surface area contributed by atoms with Crippen molar-refractivity contribution in [3.05, 3.63) is 29.8 Å². The van der Waals surface area contributed by atoms with Crippen LogP contribution in [0, 0.1) is 0 Å². The summed E-state index contributed by atoms with van der Waals surface area (Å²) in [4.78, 5) is 11.8. The second-order valence-electron chi connectivity index (χ2n) is 4.33. The zero-order chi connectivity index (χ0) is 13.4. The summed E-state index contributed by atoms with van der Waals surface area (Å²) < 4.78 is 5.12. The number of methoxy groups -OCH3 is 1. The summed E-state index contributed by atoms with van der Waals surface area (Å²) in [5.41, 5.74) is 0.955. The molecule has 18 heavy (non-hydrogen) atoms. The maximum absolute atomic E-state index is 11.8.